The summed E-state index contributed by atoms with van der Waals surface area (Å²) in [5, 5.41) is 8.48. The van der Waals surface area contributed by atoms with Crippen LogP contribution in [0.3, 0.4) is 0 Å². The van der Waals surface area contributed by atoms with Crippen LogP contribution in [0.5, 0.6) is 5.75 Å². The van der Waals surface area contributed by atoms with Gasteiger partial charge in [-0.05, 0) is 23.8 Å². The summed E-state index contributed by atoms with van der Waals surface area (Å²) in [6, 6.07) is 7.02. The van der Waals surface area contributed by atoms with Crippen molar-refractivity contribution in [2.24, 2.45) is 0 Å². The summed E-state index contributed by atoms with van der Waals surface area (Å²) >= 11 is 0. The van der Waals surface area contributed by atoms with Gasteiger partial charge in [0.2, 0.25) is 6.29 Å². The molecule has 3 nitrogen and oxygen atoms in total. The summed E-state index contributed by atoms with van der Waals surface area (Å²) in [6.07, 6.45) is 4.53. The first-order valence-corrected chi connectivity index (χ1v) is 3.75. The lowest BCUT2D eigenvalue weighted by Gasteiger charge is -2.01. The van der Waals surface area contributed by atoms with Crippen molar-refractivity contribution in [1.82, 2.24) is 0 Å². The quantitative estimate of drug-likeness (QED) is 0.554. The molecule has 0 atom stereocenters. The van der Waals surface area contributed by atoms with Crippen molar-refractivity contribution in [3.8, 4) is 5.75 Å². The molecule has 13 heavy (non-hydrogen) atoms. The summed E-state index contributed by atoms with van der Waals surface area (Å²) in [7, 11) is 0. The van der Waals surface area contributed by atoms with E-state index in [1.807, 2.05) is 6.07 Å². The van der Waals surface area contributed by atoms with Gasteiger partial charge >= 0.3 is 0 Å². The van der Waals surface area contributed by atoms with E-state index in [0.717, 1.165) is 5.56 Å². The molecule has 0 aromatic heterocycles. The average Bonchev–Trinajstić information content (AvgIpc) is 2.16. The molecule has 0 aliphatic rings. The van der Waals surface area contributed by atoms with Gasteiger partial charge in [-0.25, -0.2) is 0 Å². The Balaban J connectivity index is 2.78. The van der Waals surface area contributed by atoms with Crippen LogP contribution in [0.15, 0.2) is 30.3 Å². The maximum absolute atomic E-state index is 9.91. The molecule has 1 rings (SSSR count). The zero-order chi connectivity index (χ0) is 9.52. The third-order valence-corrected chi connectivity index (χ3v) is 1.43. The molecule has 0 fully saturated rings. The predicted molar refractivity (Wildman–Crippen MR) is 48.9 cm³/mol. The van der Waals surface area contributed by atoms with Crippen molar-refractivity contribution in [2.75, 3.05) is 6.79 Å². The van der Waals surface area contributed by atoms with Crippen LogP contribution in [0.4, 0.5) is 0 Å². The molecule has 0 aliphatic carbocycles. The van der Waals surface area contributed by atoms with Gasteiger partial charge in [-0.2, -0.15) is 0 Å². The Morgan fingerprint density at radius 2 is 2.38 bits per heavy atom. The van der Waals surface area contributed by atoms with Gasteiger partial charge in [0.15, 0.2) is 6.79 Å². The van der Waals surface area contributed by atoms with Crippen LogP contribution in [0.25, 0.3) is 6.08 Å². The molecular formula is C10H9O3. The number of aliphatic hydroxyl groups excluding tert-OH is 1. The highest BCUT2D eigenvalue weighted by Crippen LogP contribution is 2.13. The molecule has 0 amide bonds. The van der Waals surface area contributed by atoms with Gasteiger partial charge in [-0.3, -0.25) is 4.79 Å². The Morgan fingerprint density at radius 3 is 3.08 bits per heavy atom. The maximum atomic E-state index is 9.91. The molecular weight excluding hydrogens is 168 g/mol. The van der Waals surface area contributed by atoms with E-state index in [4.69, 9.17) is 9.84 Å². The first-order valence-electron chi connectivity index (χ1n) is 3.75. The van der Waals surface area contributed by atoms with Crippen molar-refractivity contribution in [2.45, 2.75) is 0 Å². The molecule has 0 heterocycles. The molecule has 0 saturated heterocycles. The summed E-state index contributed by atoms with van der Waals surface area (Å²) in [5.74, 6) is 0.565. The second kappa shape index (κ2) is 5.11. The lowest BCUT2D eigenvalue weighted by Crippen LogP contribution is -1.94. The first kappa shape index (κ1) is 9.48. The molecule has 0 aliphatic heterocycles. The van der Waals surface area contributed by atoms with Gasteiger partial charge < -0.3 is 9.84 Å². The van der Waals surface area contributed by atoms with Gasteiger partial charge in [-0.1, -0.05) is 18.2 Å². The van der Waals surface area contributed by atoms with Gasteiger partial charge in [0.25, 0.3) is 0 Å². The largest absolute Gasteiger partial charge is 0.468 e. The van der Waals surface area contributed by atoms with Crippen LogP contribution in [-0.4, -0.2) is 18.2 Å². The zero-order valence-corrected chi connectivity index (χ0v) is 6.93. The SMILES string of the molecule is O=[C]C=Cc1cccc(OCO)c1. The van der Waals surface area contributed by atoms with Crippen molar-refractivity contribution >= 4 is 12.4 Å². The van der Waals surface area contributed by atoms with E-state index in [0.29, 0.717) is 5.75 Å². The van der Waals surface area contributed by atoms with E-state index in [2.05, 4.69) is 0 Å². The fraction of sp³-hybridized carbons (Fsp3) is 0.100. The lowest BCUT2D eigenvalue weighted by molar-refractivity contribution is 0.0985. The summed E-state index contributed by atoms with van der Waals surface area (Å²) in [5.41, 5.74) is 0.828. The minimum Gasteiger partial charge on any atom is -0.468 e. The Hall–Kier alpha value is -1.61. The third-order valence-electron chi connectivity index (χ3n) is 1.43. The van der Waals surface area contributed by atoms with E-state index in [1.54, 1.807) is 30.6 Å². The van der Waals surface area contributed by atoms with Crippen molar-refractivity contribution < 1.29 is 14.6 Å². The van der Waals surface area contributed by atoms with Gasteiger partial charge in [0.1, 0.15) is 5.75 Å². The molecule has 0 saturated carbocycles. The summed E-state index contributed by atoms with van der Waals surface area (Å²) < 4.78 is 4.85. The summed E-state index contributed by atoms with van der Waals surface area (Å²) in [4.78, 5) is 9.91. The number of allylic oxidation sites excluding steroid dienone is 1. The highest BCUT2D eigenvalue weighted by Gasteiger charge is 1.92. The smallest absolute Gasteiger partial charge is 0.225 e. The fourth-order valence-electron chi connectivity index (χ4n) is 0.913. The molecule has 0 bridgehead atoms. The molecule has 67 valence electrons. The second-order valence-electron chi connectivity index (χ2n) is 2.30. The summed E-state index contributed by atoms with van der Waals surface area (Å²) in [6.45, 7) is -0.354. The van der Waals surface area contributed by atoms with E-state index in [9.17, 15) is 4.79 Å². The number of carbonyl (C=O) groups excluding carboxylic acids is 1. The van der Waals surface area contributed by atoms with Crippen LogP contribution in [-0.2, 0) is 4.79 Å². The highest BCUT2D eigenvalue weighted by atomic mass is 16.6. The fourth-order valence-corrected chi connectivity index (χ4v) is 0.913. The molecule has 1 aromatic rings. The third kappa shape index (κ3) is 3.09. The van der Waals surface area contributed by atoms with Gasteiger partial charge in [0.05, 0.1) is 0 Å². The molecule has 1 aromatic carbocycles. The Bertz CT molecular complexity index is 305. The van der Waals surface area contributed by atoms with E-state index in [1.165, 1.54) is 6.08 Å². The van der Waals surface area contributed by atoms with Gasteiger partial charge in [0, 0.05) is 0 Å². The molecule has 3 heteroatoms. The number of rotatable bonds is 4. The van der Waals surface area contributed by atoms with E-state index < -0.39 is 0 Å². The van der Waals surface area contributed by atoms with Crippen LogP contribution < -0.4 is 4.74 Å². The highest BCUT2D eigenvalue weighted by molar-refractivity contribution is 5.74. The number of ether oxygens (including phenoxy) is 1. The Labute approximate surface area is 76.3 Å². The minimum absolute atomic E-state index is 0.354. The lowest BCUT2D eigenvalue weighted by atomic mass is 10.2. The number of hydrogen-bond donors (Lipinski definition) is 1. The Kier molecular flexibility index (Phi) is 3.73. The Morgan fingerprint density at radius 1 is 1.54 bits per heavy atom. The van der Waals surface area contributed by atoms with Crippen molar-refractivity contribution in [3.63, 3.8) is 0 Å². The topological polar surface area (TPSA) is 46.5 Å². The first-order chi connectivity index (χ1) is 6.36. The number of benzene rings is 1. The van der Waals surface area contributed by atoms with Crippen LogP contribution >= 0.6 is 0 Å². The zero-order valence-electron chi connectivity index (χ0n) is 6.93. The van der Waals surface area contributed by atoms with Crippen molar-refractivity contribution in [3.05, 3.63) is 35.9 Å². The second-order valence-corrected chi connectivity index (χ2v) is 2.30. The average molecular weight is 177 g/mol. The normalized spacial score (nSPS) is 10.2. The standard InChI is InChI=1S/C10H9O3/c11-6-2-4-9-3-1-5-10(7-9)13-8-12/h1-5,7,12H,8H2. The van der Waals surface area contributed by atoms with Crippen molar-refractivity contribution in [1.29, 1.82) is 0 Å². The van der Waals surface area contributed by atoms with Crippen LogP contribution in [0, 0.1) is 0 Å². The monoisotopic (exact) mass is 177 g/mol. The predicted octanol–water partition coefficient (Wildman–Crippen LogP) is 1.14. The minimum atomic E-state index is -0.354. The van der Waals surface area contributed by atoms with E-state index >= 15 is 0 Å². The molecule has 1 radical (unpaired) electrons. The molecule has 0 spiro atoms. The number of hydrogen-bond acceptors (Lipinski definition) is 3. The van der Waals surface area contributed by atoms with Crippen LogP contribution in [0.2, 0.25) is 0 Å². The number of aliphatic hydroxyl groups is 1. The maximum Gasteiger partial charge on any atom is 0.225 e. The van der Waals surface area contributed by atoms with Crippen LogP contribution in [0.1, 0.15) is 5.56 Å². The molecule has 0 unspecified atom stereocenters. The van der Waals surface area contributed by atoms with Gasteiger partial charge in [-0.15, -0.1) is 0 Å². The molecule has 1 N–H and O–H groups in total. The van der Waals surface area contributed by atoms with E-state index in [-0.39, 0.29) is 6.79 Å².